The van der Waals surface area contributed by atoms with Crippen LogP contribution in [0.4, 0.5) is 0 Å². The van der Waals surface area contributed by atoms with Crippen LogP contribution in [-0.4, -0.2) is 55.6 Å². The Morgan fingerprint density at radius 3 is 2.29 bits per heavy atom. The van der Waals surface area contributed by atoms with Crippen LogP contribution >= 0.6 is 0 Å². The van der Waals surface area contributed by atoms with Crippen molar-refractivity contribution >= 4 is 22.5 Å². The van der Waals surface area contributed by atoms with Gasteiger partial charge in [0.2, 0.25) is 0 Å². The highest BCUT2D eigenvalue weighted by Crippen LogP contribution is 2.51. The van der Waals surface area contributed by atoms with Crippen molar-refractivity contribution in [2.45, 2.75) is 108 Å². The van der Waals surface area contributed by atoms with Gasteiger partial charge in [0.05, 0.1) is 38.7 Å². The summed E-state index contributed by atoms with van der Waals surface area (Å²) in [5, 5.41) is 11.1. The highest BCUT2D eigenvalue weighted by molar-refractivity contribution is 6.83. The summed E-state index contributed by atoms with van der Waals surface area (Å²) in [5.41, 5.74) is 0.311. The predicted octanol–water partition coefficient (Wildman–Crippen LogP) is 5.85. The molecule has 1 aromatic heterocycles. The minimum Gasteiger partial charge on any atom is -0.414 e. The standard InChI is InChI=1S/C31H50N2O6Si2/c1-29(2,3)40(7,8)31(36)19-26(39-25(31)22-38-41(9,10)30(4,5)6)33-20-24(27(34)32-28(33)35)21-37-18-14-17-23-15-12-11-13-16-23/h11-17,20,25-26,36H,18-19,21-22H2,1-10H3,(H,32,34,35)/t25-,26-,31-/m1/s1. The van der Waals surface area contributed by atoms with E-state index in [1.807, 2.05) is 42.5 Å². The molecule has 2 aromatic rings. The monoisotopic (exact) mass is 602 g/mol. The number of hydrogen-bond donors (Lipinski definition) is 2. The summed E-state index contributed by atoms with van der Waals surface area (Å²) >= 11 is 0. The zero-order chi connectivity index (χ0) is 30.9. The van der Waals surface area contributed by atoms with Crippen molar-refractivity contribution in [3.8, 4) is 0 Å². The summed E-state index contributed by atoms with van der Waals surface area (Å²) in [6.07, 6.45) is 4.22. The second-order valence-electron chi connectivity index (χ2n) is 14.3. The van der Waals surface area contributed by atoms with E-state index in [0.717, 1.165) is 5.56 Å². The van der Waals surface area contributed by atoms with Crippen molar-refractivity contribution in [2.24, 2.45) is 0 Å². The zero-order valence-corrected chi connectivity index (χ0v) is 28.5. The first-order valence-corrected chi connectivity index (χ1v) is 20.4. The molecule has 1 aliphatic rings. The van der Waals surface area contributed by atoms with Crippen molar-refractivity contribution < 1.29 is 19.0 Å². The van der Waals surface area contributed by atoms with E-state index >= 15 is 0 Å². The lowest BCUT2D eigenvalue weighted by Crippen LogP contribution is -2.65. The average Bonchev–Trinajstić information content (AvgIpc) is 3.20. The molecule has 41 heavy (non-hydrogen) atoms. The maximum Gasteiger partial charge on any atom is 0.330 e. The molecule has 0 saturated carbocycles. The Hall–Kier alpha value is -2.09. The number of aliphatic hydroxyl groups is 1. The molecule has 8 nitrogen and oxygen atoms in total. The van der Waals surface area contributed by atoms with Crippen molar-refractivity contribution in [1.82, 2.24) is 9.55 Å². The van der Waals surface area contributed by atoms with Gasteiger partial charge in [-0.3, -0.25) is 14.3 Å². The number of aromatic amines is 1. The Bertz CT molecular complexity index is 1320. The Labute approximate surface area is 246 Å². The van der Waals surface area contributed by atoms with E-state index in [4.69, 9.17) is 13.9 Å². The number of aromatic nitrogens is 2. The molecule has 0 amide bonds. The van der Waals surface area contributed by atoms with Crippen LogP contribution in [0.15, 0.2) is 52.2 Å². The molecule has 0 unspecified atom stereocenters. The van der Waals surface area contributed by atoms with Gasteiger partial charge in [0.1, 0.15) is 12.3 Å². The lowest BCUT2D eigenvalue weighted by atomic mass is 10.1. The number of rotatable bonds is 10. The molecule has 0 radical (unpaired) electrons. The first-order chi connectivity index (χ1) is 18.8. The Morgan fingerprint density at radius 2 is 1.71 bits per heavy atom. The van der Waals surface area contributed by atoms with E-state index < -0.39 is 45.2 Å². The number of H-pyrrole nitrogens is 1. The van der Waals surface area contributed by atoms with E-state index in [2.05, 4.69) is 72.7 Å². The fourth-order valence-corrected chi connectivity index (χ4v) is 8.67. The van der Waals surface area contributed by atoms with E-state index in [1.54, 1.807) is 0 Å². The van der Waals surface area contributed by atoms with Crippen LogP contribution in [0.25, 0.3) is 6.08 Å². The number of nitrogens with one attached hydrogen (secondary N) is 1. The van der Waals surface area contributed by atoms with Gasteiger partial charge in [-0.1, -0.05) is 97.1 Å². The first-order valence-electron chi connectivity index (χ1n) is 14.5. The molecular formula is C31H50N2O6Si2. The molecule has 3 rings (SSSR count). The molecule has 1 aliphatic heterocycles. The van der Waals surface area contributed by atoms with Crippen molar-refractivity contribution in [3.63, 3.8) is 0 Å². The predicted molar refractivity (Wildman–Crippen MR) is 170 cm³/mol. The molecule has 2 N–H and O–H groups in total. The van der Waals surface area contributed by atoms with Crippen LogP contribution in [0.1, 0.15) is 65.3 Å². The molecule has 1 aromatic carbocycles. The smallest absolute Gasteiger partial charge is 0.330 e. The molecule has 1 fully saturated rings. The molecule has 3 atom stereocenters. The van der Waals surface area contributed by atoms with Gasteiger partial charge < -0.3 is 19.0 Å². The summed E-state index contributed by atoms with van der Waals surface area (Å²) in [5.74, 6) is 0. The molecule has 0 spiro atoms. The second-order valence-corrected chi connectivity index (χ2v) is 24.7. The van der Waals surface area contributed by atoms with Gasteiger partial charge in [0.25, 0.3) is 5.56 Å². The maximum atomic E-state index is 13.0. The van der Waals surface area contributed by atoms with E-state index in [0.29, 0.717) is 12.2 Å². The SMILES string of the molecule is CC(C)(C)[Si](C)(C)OC[C@H]1O[C@@H](n2cc(COCC=Cc3ccccc3)c(=O)[nH]c2=O)C[C@@]1(O)[Si](C)(C)C(C)(C)C. The van der Waals surface area contributed by atoms with Gasteiger partial charge >= 0.3 is 5.69 Å². The Balaban J connectivity index is 1.85. The number of nitrogens with zero attached hydrogens (tertiary/aromatic N) is 1. The second kappa shape index (κ2) is 12.3. The number of hydrogen-bond acceptors (Lipinski definition) is 6. The number of ether oxygens (including phenoxy) is 2. The lowest BCUT2D eigenvalue weighted by Gasteiger charge is -2.49. The summed E-state index contributed by atoms with van der Waals surface area (Å²) in [6.45, 7) is 22.3. The third-order valence-electron chi connectivity index (χ3n) is 9.63. The van der Waals surface area contributed by atoms with Crippen molar-refractivity contribution in [3.05, 3.63) is 74.6 Å². The van der Waals surface area contributed by atoms with Crippen LogP contribution in [0.3, 0.4) is 0 Å². The van der Waals surface area contributed by atoms with Crippen molar-refractivity contribution in [2.75, 3.05) is 13.2 Å². The van der Waals surface area contributed by atoms with Gasteiger partial charge in [-0.2, -0.15) is 0 Å². The normalized spacial score (nSPS) is 22.5. The average molecular weight is 603 g/mol. The minimum atomic E-state index is -2.43. The van der Waals surface area contributed by atoms with Crippen molar-refractivity contribution in [1.29, 1.82) is 0 Å². The molecule has 0 bridgehead atoms. The van der Waals surface area contributed by atoms with Crippen LogP contribution in [-0.2, 0) is 20.5 Å². The van der Waals surface area contributed by atoms with E-state index in [-0.39, 0.29) is 29.7 Å². The third kappa shape index (κ3) is 7.29. The van der Waals surface area contributed by atoms with Gasteiger partial charge in [0.15, 0.2) is 8.32 Å². The zero-order valence-electron chi connectivity index (χ0n) is 26.5. The van der Waals surface area contributed by atoms with E-state index in [9.17, 15) is 14.7 Å². The highest BCUT2D eigenvalue weighted by Gasteiger charge is 2.62. The first kappa shape index (κ1) is 33.4. The van der Waals surface area contributed by atoms with Gasteiger partial charge in [-0.15, -0.1) is 0 Å². The third-order valence-corrected chi connectivity index (χ3v) is 20.6. The Morgan fingerprint density at radius 1 is 1.07 bits per heavy atom. The summed E-state index contributed by atoms with van der Waals surface area (Å²) in [6, 6.07) is 9.87. The molecular weight excluding hydrogens is 553 g/mol. The van der Waals surface area contributed by atoms with Gasteiger partial charge in [0, 0.05) is 12.6 Å². The summed E-state index contributed by atoms with van der Waals surface area (Å²) < 4.78 is 20.2. The van der Waals surface area contributed by atoms with Gasteiger partial charge in [-0.25, -0.2) is 4.79 Å². The molecule has 10 heteroatoms. The topological polar surface area (TPSA) is 103 Å². The van der Waals surface area contributed by atoms with Crippen LogP contribution in [0, 0.1) is 0 Å². The Kier molecular flexibility index (Phi) is 9.99. The minimum absolute atomic E-state index is 0.00113. The fourth-order valence-electron chi connectivity index (χ4n) is 4.73. The molecule has 2 heterocycles. The molecule has 228 valence electrons. The molecule has 0 aliphatic carbocycles. The van der Waals surface area contributed by atoms with Crippen LogP contribution in [0.5, 0.6) is 0 Å². The summed E-state index contributed by atoms with van der Waals surface area (Å²) in [4.78, 5) is 28.0. The fraction of sp³-hybridized carbons (Fsp3) is 0.613. The number of benzene rings is 1. The van der Waals surface area contributed by atoms with Crippen LogP contribution in [0.2, 0.25) is 36.3 Å². The van der Waals surface area contributed by atoms with Gasteiger partial charge in [-0.05, 0) is 28.7 Å². The maximum absolute atomic E-state index is 13.0. The summed E-state index contributed by atoms with van der Waals surface area (Å²) in [7, 11) is -4.56. The largest absolute Gasteiger partial charge is 0.414 e. The molecule has 1 saturated heterocycles. The van der Waals surface area contributed by atoms with E-state index in [1.165, 1.54) is 10.8 Å². The quantitative estimate of drug-likeness (QED) is 0.261. The highest BCUT2D eigenvalue weighted by atomic mass is 28.4. The van der Waals surface area contributed by atoms with Crippen LogP contribution < -0.4 is 11.2 Å². The lowest BCUT2D eigenvalue weighted by molar-refractivity contribution is -0.0571.